The van der Waals surface area contributed by atoms with Crippen molar-refractivity contribution in [3.8, 4) is 0 Å². The van der Waals surface area contributed by atoms with Crippen LogP contribution in [-0.4, -0.2) is 6.21 Å². The molecule has 2 nitrogen and oxygen atoms in total. The van der Waals surface area contributed by atoms with Gasteiger partial charge in [0.25, 0.3) is 0 Å². The third-order valence-electron chi connectivity index (χ3n) is 1.96. The fraction of sp³-hybridized carbons (Fsp3) is 0.857. The Morgan fingerprint density at radius 2 is 2.00 bits per heavy atom. The smallest absolute Gasteiger partial charge is 0.0512 e. The summed E-state index contributed by atoms with van der Waals surface area (Å²) in [6, 6.07) is 0. The van der Waals surface area contributed by atoms with Crippen LogP contribution in [0.2, 0.25) is 0 Å². The molecule has 0 unspecified atom stereocenters. The van der Waals surface area contributed by atoms with Gasteiger partial charge in [0.2, 0.25) is 0 Å². The van der Waals surface area contributed by atoms with E-state index in [-0.39, 0.29) is 0 Å². The second-order valence-corrected chi connectivity index (χ2v) is 2.72. The van der Waals surface area contributed by atoms with Crippen molar-refractivity contribution in [2.45, 2.75) is 32.1 Å². The lowest BCUT2D eigenvalue weighted by Gasteiger charge is -2.15. The predicted octanol–water partition coefficient (Wildman–Crippen LogP) is 2.45. The summed E-state index contributed by atoms with van der Waals surface area (Å²) in [6.07, 6.45) is 7.62. The van der Waals surface area contributed by atoms with Crippen LogP contribution in [0, 0.1) is 5.92 Å². The van der Waals surface area contributed by atoms with Crippen LogP contribution in [0.25, 0.3) is 0 Å². The van der Waals surface area contributed by atoms with Gasteiger partial charge in [-0.15, -0.1) is 0 Å². The minimum absolute atomic E-state index is 0.449. The van der Waals surface area contributed by atoms with Crippen LogP contribution in [0.5, 0.6) is 0 Å². The first-order valence-electron chi connectivity index (χ1n) is 3.74. The summed E-state index contributed by atoms with van der Waals surface area (Å²) in [5, 5.41) is 6.22. The maximum absolute atomic E-state index is 11.1. The van der Waals surface area contributed by atoms with E-state index in [2.05, 4.69) is 10.2 Å². The van der Waals surface area contributed by atoms with E-state index in [0.717, 1.165) is 12.8 Å². The van der Waals surface area contributed by atoms with E-state index >= 15 is 0 Å². The molecule has 10 heavy (non-hydrogen) atoms. The van der Waals surface area contributed by atoms with Crippen molar-refractivity contribution in [3.63, 3.8) is 0 Å². The summed E-state index contributed by atoms with van der Waals surface area (Å²) in [4.78, 5) is 0. The molecule has 0 aliphatic heterocycles. The Hall–Kier alpha value is -0.600. The lowest BCUT2D eigenvalue weighted by Crippen LogP contribution is -2.06. The molecule has 1 saturated carbocycles. The molecular weight excluding hydrogens is 133 g/mol. The van der Waals surface area contributed by atoms with Crippen molar-refractivity contribution in [1.82, 2.24) is 0 Å². The molecule has 1 rings (SSSR count). The monoisotopic (exact) mass is 145 g/mol. The molecule has 1 fully saturated rings. The Morgan fingerprint density at radius 3 is 2.60 bits per heavy atom. The van der Waals surface area contributed by atoms with Gasteiger partial charge in [0.1, 0.15) is 0 Å². The van der Waals surface area contributed by atoms with Crippen LogP contribution in [0.15, 0.2) is 5.16 Å². The summed E-state index contributed by atoms with van der Waals surface area (Å²) < 4.78 is 11.1. The van der Waals surface area contributed by atoms with Gasteiger partial charge >= 0.3 is 0 Å². The molecule has 58 valence electrons. The van der Waals surface area contributed by atoms with Gasteiger partial charge in [0.05, 0.1) is 6.21 Å². The molecule has 0 saturated heterocycles. The van der Waals surface area contributed by atoms with E-state index in [0.29, 0.717) is 5.92 Å². The second kappa shape index (κ2) is 4.25. The first kappa shape index (κ1) is 7.51. The fourth-order valence-corrected chi connectivity index (χ4v) is 1.39. The molecule has 1 aliphatic rings. The number of hydrogen-bond acceptors (Lipinski definition) is 2. The molecule has 0 radical (unpaired) electrons. The van der Waals surface area contributed by atoms with Crippen LogP contribution in [0.3, 0.4) is 0 Å². The molecular formula is C7H12FNO. The maximum atomic E-state index is 11.1. The number of halogens is 1. The summed E-state index contributed by atoms with van der Waals surface area (Å²) in [5.74, 6) is 0.449. The zero-order valence-corrected chi connectivity index (χ0v) is 5.92. The van der Waals surface area contributed by atoms with Crippen LogP contribution in [0.1, 0.15) is 32.1 Å². The zero-order chi connectivity index (χ0) is 7.23. The Kier molecular flexibility index (Phi) is 3.19. The first-order chi connectivity index (χ1) is 4.93. The average Bonchev–Trinajstić information content (AvgIpc) is 2.03. The Balaban J connectivity index is 2.19. The SMILES string of the molecule is FO/N=C/C1CCCCC1. The standard InChI is InChI=1S/C7H12FNO/c8-10-9-6-7-4-2-1-3-5-7/h6-7H,1-5H2/b9-6+. The van der Waals surface area contributed by atoms with Crippen LogP contribution >= 0.6 is 0 Å². The summed E-state index contributed by atoms with van der Waals surface area (Å²) in [7, 11) is 0. The van der Waals surface area contributed by atoms with Gasteiger partial charge in [-0.2, -0.15) is 5.04 Å². The summed E-state index contributed by atoms with van der Waals surface area (Å²) in [6.45, 7) is 0. The van der Waals surface area contributed by atoms with Crippen molar-refractivity contribution in [3.05, 3.63) is 0 Å². The van der Waals surface area contributed by atoms with E-state index in [9.17, 15) is 4.53 Å². The summed E-state index contributed by atoms with van der Waals surface area (Å²) in [5.41, 5.74) is 0. The Bertz CT molecular complexity index is 110. The quantitative estimate of drug-likeness (QED) is 0.432. The van der Waals surface area contributed by atoms with Crippen LogP contribution in [-0.2, 0) is 5.04 Å². The molecule has 0 atom stereocenters. The van der Waals surface area contributed by atoms with Crippen molar-refractivity contribution in [2.75, 3.05) is 0 Å². The van der Waals surface area contributed by atoms with E-state index in [4.69, 9.17) is 0 Å². The normalized spacial score (nSPS) is 21.7. The highest BCUT2D eigenvalue weighted by atomic mass is 19.3. The van der Waals surface area contributed by atoms with Gasteiger partial charge in [-0.1, -0.05) is 24.4 Å². The highest BCUT2D eigenvalue weighted by Gasteiger charge is 2.10. The van der Waals surface area contributed by atoms with Crippen molar-refractivity contribution < 1.29 is 9.57 Å². The van der Waals surface area contributed by atoms with Gasteiger partial charge in [-0.25, -0.2) is 0 Å². The molecule has 0 aromatic rings. The molecule has 3 heteroatoms. The van der Waals surface area contributed by atoms with Crippen molar-refractivity contribution >= 4 is 6.21 Å². The molecule has 0 aromatic carbocycles. The van der Waals surface area contributed by atoms with Gasteiger partial charge in [0.15, 0.2) is 0 Å². The molecule has 0 heterocycles. The third kappa shape index (κ3) is 2.33. The molecule has 0 bridgehead atoms. The maximum Gasteiger partial charge on any atom is 0.0512 e. The number of hydrogen-bond donors (Lipinski definition) is 0. The fourth-order valence-electron chi connectivity index (χ4n) is 1.39. The molecule has 0 spiro atoms. The zero-order valence-electron chi connectivity index (χ0n) is 5.92. The molecule has 0 aromatic heterocycles. The highest BCUT2D eigenvalue weighted by molar-refractivity contribution is 5.59. The van der Waals surface area contributed by atoms with Crippen LogP contribution in [0.4, 0.5) is 4.53 Å². The van der Waals surface area contributed by atoms with E-state index < -0.39 is 0 Å². The van der Waals surface area contributed by atoms with E-state index in [1.54, 1.807) is 6.21 Å². The second-order valence-electron chi connectivity index (χ2n) is 2.72. The Morgan fingerprint density at radius 1 is 1.30 bits per heavy atom. The predicted molar refractivity (Wildman–Crippen MR) is 37.3 cm³/mol. The topological polar surface area (TPSA) is 21.6 Å². The van der Waals surface area contributed by atoms with E-state index in [1.807, 2.05) is 0 Å². The van der Waals surface area contributed by atoms with Gasteiger partial charge in [-0.05, 0) is 18.8 Å². The number of rotatable bonds is 2. The van der Waals surface area contributed by atoms with Gasteiger partial charge in [-0.3, -0.25) is 0 Å². The van der Waals surface area contributed by atoms with Gasteiger partial charge in [0, 0.05) is 4.53 Å². The van der Waals surface area contributed by atoms with Crippen molar-refractivity contribution in [1.29, 1.82) is 0 Å². The first-order valence-corrected chi connectivity index (χ1v) is 3.74. The van der Waals surface area contributed by atoms with Crippen molar-refractivity contribution in [2.24, 2.45) is 11.1 Å². The number of oxime groups is 1. The van der Waals surface area contributed by atoms with Crippen LogP contribution < -0.4 is 0 Å². The summed E-state index contributed by atoms with van der Waals surface area (Å²) >= 11 is 0. The third-order valence-corrected chi connectivity index (χ3v) is 1.96. The largest absolute Gasteiger partial charge is 0.174 e. The van der Waals surface area contributed by atoms with E-state index in [1.165, 1.54) is 19.3 Å². The lowest BCUT2D eigenvalue weighted by atomic mass is 9.90. The molecule has 0 amide bonds. The Labute approximate surface area is 60.0 Å². The highest BCUT2D eigenvalue weighted by Crippen LogP contribution is 2.21. The minimum atomic E-state index is 0.449. The number of nitrogens with zero attached hydrogens (tertiary/aromatic N) is 1. The minimum Gasteiger partial charge on any atom is -0.174 e. The molecule has 1 aliphatic carbocycles. The average molecular weight is 145 g/mol. The molecule has 0 N–H and O–H groups in total. The van der Waals surface area contributed by atoms with Gasteiger partial charge < -0.3 is 0 Å². The lowest BCUT2D eigenvalue weighted by molar-refractivity contribution is -0.130.